The lowest BCUT2D eigenvalue weighted by molar-refractivity contribution is 0.198. The van der Waals surface area contributed by atoms with Gasteiger partial charge in [0.2, 0.25) is 0 Å². The number of hydrogen-bond donors (Lipinski definition) is 2. The molecule has 0 spiro atoms. The van der Waals surface area contributed by atoms with Crippen LogP contribution in [0.5, 0.6) is 0 Å². The highest BCUT2D eigenvalue weighted by molar-refractivity contribution is 5.74. The van der Waals surface area contributed by atoms with E-state index in [1.165, 1.54) is 11.1 Å². The maximum absolute atomic E-state index is 12.0. The molecule has 0 bridgehead atoms. The summed E-state index contributed by atoms with van der Waals surface area (Å²) in [5.74, 6) is 0.242. The number of hydrogen-bond acceptors (Lipinski definition) is 2. The van der Waals surface area contributed by atoms with E-state index in [9.17, 15) is 4.79 Å². The zero-order valence-electron chi connectivity index (χ0n) is 11.6. The fourth-order valence-corrected chi connectivity index (χ4v) is 2.49. The van der Waals surface area contributed by atoms with Crippen molar-refractivity contribution < 1.29 is 9.90 Å². The molecular weight excluding hydrogens is 240 g/mol. The van der Waals surface area contributed by atoms with Gasteiger partial charge in [-0.15, -0.1) is 0 Å². The van der Waals surface area contributed by atoms with E-state index in [1.54, 1.807) is 4.90 Å². The number of carbonyl (C=O) groups is 1. The van der Waals surface area contributed by atoms with Crippen LogP contribution in [0.25, 0.3) is 0 Å². The monoisotopic (exact) mass is 262 g/mol. The Balaban J connectivity index is 1.87. The Morgan fingerprint density at radius 2 is 2.26 bits per heavy atom. The first-order valence-electron chi connectivity index (χ1n) is 6.80. The van der Waals surface area contributed by atoms with E-state index in [0.29, 0.717) is 13.1 Å². The fourth-order valence-electron chi connectivity index (χ4n) is 2.49. The van der Waals surface area contributed by atoms with E-state index in [4.69, 9.17) is 5.11 Å². The van der Waals surface area contributed by atoms with E-state index in [-0.39, 0.29) is 18.6 Å². The molecule has 0 aliphatic carbocycles. The number of aliphatic hydroxyl groups is 1. The summed E-state index contributed by atoms with van der Waals surface area (Å²) in [5.41, 5.74) is 3.59. The van der Waals surface area contributed by atoms with Crippen LogP contribution in [0.2, 0.25) is 0 Å². The van der Waals surface area contributed by atoms with Gasteiger partial charge in [0.25, 0.3) is 0 Å². The molecule has 1 unspecified atom stereocenters. The molecule has 1 aliphatic rings. The van der Waals surface area contributed by atoms with Crippen molar-refractivity contribution in [2.75, 3.05) is 19.7 Å². The molecule has 0 saturated carbocycles. The minimum atomic E-state index is -0.0316. The fraction of sp³-hybridized carbons (Fsp3) is 0.533. The van der Waals surface area contributed by atoms with Crippen molar-refractivity contribution in [1.82, 2.24) is 10.2 Å². The van der Waals surface area contributed by atoms with E-state index in [2.05, 4.69) is 37.4 Å². The number of nitrogens with one attached hydrogen (secondary N) is 1. The summed E-state index contributed by atoms with van der Waals surface area (Å²) < 4.78 is 0. The van der Waals surface area contributed by atoms with Crippen LogP contribution in [0, 0.1) is 19.8 Å². The van der Waals surface area contributed by atoms with Gasteiger partial charge in [-0.05, 0) is 31.4 Å². The summed E-state index contributed by atoms with van der Waals surface area (Å²) in [6, 6.07) is 6.22. The normalized spacial score (nSPS) is 18.7. The van der Waals surface area contributed by atoms with Gasteiger partial charge >= 0.3 is 6.03 Å². The molecule has 104 valence electrons. The molecule has 19 heavy (non-hydrogen) atoms. The van der Waals surface area contributed by atoms with Gasteiger partial charge < -0.3 is 15.3 Å². The molecule has 0 aromatic heterocycles. The summed E-state index contributed by atoms with van der Waals surface area (Å²) in [6.45, 7) is 6.26. The van der Waals surface area contributed by atoms with Crippen molar-refractivity contribution in [3.63, 3.8) is 0 Å². The minimum Gasteiger partial charge on any atom is -0.396 e. The Kier molecular flexibility index (Phi) is 4.43. The average molecular weight is 262 g/mol. The third kappa shape index (κ3) is 3.47. The molecule has 1 aliphatic heterocycles. The van der Waals surface area contributed by atoms with Crippen molar-refractivity contribution in [3.05, 3.63) is 34.9 Å². The number of carbonyl (C=O) groups excluding carboxylic acids is 1. The molecule has 1 aromatic rings. The molecule has 1 saturated heterocycles. The van der Waals surface area contributed by atoms with E-state index in [1.807, 2.05) is 0 Å². The molecule has 2 amide bonds. The summed E-state index contributed by atoms with van der Waals surface area (Å²) in [6.07, 6.45) is 0.896. The van der Waals surface area contributed by atoms with Crippen LogP contribution in [0.4, 0.5) is 4.79 Å². The van der Waals surface area contributed by atoms with Crippen LogP contribution < -0.4 is 5.32 Å². The third-order valence-corrected chi connectivity index (χ3v) is 3.76. The van der Waals surface area contributed by atoms with Crippen LogP contribution in [-0.2, 0) is 6.54 Å². The first-order valence-corrected chi connectivity index (χ1v) is 6.80. The lowest BCUT2D eigenvalue weighted by Gasteiger charge is -2.17. The number of nitrogens with zero attached hydrogens (tertiary/aromatic N) is 1. The largest absolute Gasteiger partial charge is 0.396 e. The average Bonchev–Trinajstić information content (AvgIpc) is 2.86. The molecule has 1 heterocycles. The summed E-state index contributed by atoms with van der Waals surface area (Å²) in [5, 5.41) is 12.0. The van der Waals surface area contributed by atoms with Gasteiger partial charge in [-0.1, -0.05) is 23.8 Å². The smallest absolute Gasteiger partial charge is 0.317 e. The first-order chi connectivity index (χ1) is 9.10. The third-order valence-electron chi connectivity index (χ3n) is 3.76. The molecule has 4 heteroatoms. The second-order valence-electron chi connectivity index (χ2n) is 5.37. The Morgan fingerprint density at radius 3 is 2.89 bits per heavy atom. The number of amides is 2. The Labute approximate surface area is 114 Å². The Morgan fingerprint density at radius 1 is 1.47 bits per heavy atom. The lowest BCUT2D eigenvalue weighted by Crippen LogP contribution is -2.38. The van der Waals surface area contributed by atoms with Crippen molar-refractivity contribution in [2.24, 2.45) is 5.92 Å². The Bertz CT molecular complexity index is 459. The van der Waals surface area contributed by atoms with Gasteiger partial charge in [0.15, 0.2) is 0 Å². The highest BCUT2D eigenvalue weighted by Gasteiger charge is 2.25. The van der Waals surface area contributed by atoms with E-state index in [0.717, 1.165) is 18.5 Å². The van der Waals surface area contributed by atoms with Gasteiger partial charge in [-0.25, -0.2) is 4.79 Å². The Hall–Kier alpha value is -1.55. The molecule has 1 atom stereocenters. The molecule has 0 radical (unpaired) electrons. The first kappa shape index (κ1) is 13.9. The molecule has 2 N–H and O–H groups in total. The SMILES string of the molecule is Cc1ccc(CNC(=O)N2CCC(CO)C2)c(C)c1. The quantitative estimate of drug-likeness (QED) is 0.873. The maximum Gasteiger partial charge on any atom is 0.317 e. The second-order valence-corrected chi connectivity index (χ2v) is 5.37. The topological polar surface area (TPSA) is 52.6 Å². The number of likely N-dealkylation sites (tertiary alicyclic amines) is 1. The van der Waals surface area contributed by atoms with Crippen LogP contribution in [-0.4, -0.2) is 35.7 Å². The highest BCUT2D eigenvalue weighted by atomic mass is 16.3. The summed E-state index contributed by atoms with van der Waals surface area (Å²) >= 11 is 0. The van der Waals surface area contributed by atoms with Crippen LogP contribution in [0.1, 0.15) is 23.1 Å². The summed E-state index contributed by atoms with van der Waals surface area (Å²) in [4.78, 5) is 13.8. The number of benzene rings is 1. The standard InChI is InChI=1S/C15H22N2O2/c1-11-3-4-14(12(2)7-11)8-16-15(19)17-6-5-13(9-17)10-18/h3-4,7,13,18H,5-6,8-10H2,1-2H3,(H,16,19). The van der Waals surface area contributed by atoms with E-state index < -0.39 is 0 Å². The van der Waals surface area contributed by atoms with Crippen molar-refractivity contribution in [3.8, 4) is 0 Å². The minimum absolute atomic E-state index is 0.0316. The van der Waals surface area contributed by atoms with Crippen molar-refractivity contribution in [1.29, 1.82) is 0 Å². The van der Waals surface area contributed by atoms with Gasteiger partial charge in [-0.2, -0.15) is 0 Å². The van der Waals surface area contributed by atoms with Crippen molar-refractivity contribution in [2.45, 2.75) is 26.8 Å². The number of rotatable bonds is 3. The molecule has 1 aromatic carbocycles. The van der Waals surface area contributed by atoms with Crippen molar-refractivity contribution >= 4 is 6.03 Å². The number of aliphatic hydroxyl groups excluding tert-OH is 1. The zero-order valence-corrected chi connectivity index (χ0v) is 11.6. The van der Waals surface area contributed by atoms with Gasteiger partial charge in [0.05, 0.1) is 0 Å². The highest BCUT2D eigenvalue weighted by Crippen LogP contribution is 2.15. The van der Waals surface area contributed by atoms with Crippen LogP contribution in [0.15, 0.2) is 18.2 Å². The van der Waals surface area contributed by atoms with E-state index >= 15 is 0 Å². The van der Waals surface area contributed by atoms with Gasteiger partial charge in [-0.3, -0.25) is 0 Å². The molecular formula is C15H22N2O2. The maximum atomic E-state index is 12.0. The van der Waals surface area contributed by atoms with Crippen LogP contribution >= 0.6 is 0 Å². The van der Waals surface area contributed by atoms with Gasteiger partial charge in [0, 0.05) is 32.2 Å². The molecule has 2 rings (SSSR count). The zero-order chi connectivity index (χ0) is 13.8. The van der Waals surface area contributed by atoms with Crippen LogP contribution in [0.3, 0.4) is 0 Å². The second kappa shape index (κ2) is 6.06. The predicted molar refractivity (Wildman–Crippen MR) is 74.9 cm³/mol. The molecule has 1 fully saturated rings. The van der Waals surface area contributed by atoms with Gasteiger partial charge in [0.1, 0.15) is 0 Å². The number of urea groups is 1. The molecule has 4 nitrogen and oxygen atoms in total. The predicted octanol–water partition coefficient (Wildman–Crippen LogP) is 1.83. The summed E-state index contributed by atoms with van der Waals surface area (Å²) in [7, 11) is 0. The lowest BCUT2D eigenvalue weighted by atomic mass is 10.1. The number of aryl methyl sites for hydroxylation is 2.